The van der Waals surface area contributed by atoms with Crippen molar-refractivity contribution < 1.29 is 24.6 Å². The van der Waals surface area contributed by atoms with E-state index >= 15 is 0 Å². The second kappa shape index (κ2) is 12.1. The maximum Gasteiger partial charge on any atom is 0.414 e. The average Bonchev–Trinajstić information content (AvgIpc) is 2.53. The number of aliphatic carboxylic acids is 2. The van der Waals surface area contributed by atoms with E-state index in [9.17, 15) is 4.79 Å². The number of amides is 1. The van der Waals surface area contributed by atoms with Gasteiger partial charge in [-0.05, 0) is 39.1 Å². The molecule has 0 heterocycles. The number of nitrogens with zero attached hydrogens (tertiary/aromatic N) is 1. The molecule has 7 nitrogen and oxygen atoms in total. The molecule has 0 aliphatic rings. The Bertz CT molecular complexity index is 516. The van der Waals surface area contributed by atoms with E-state index in [-0.39, 0.29) is 5.91 Å². The summed E-state index contributed by atoms with van der Waals surface area (Å²) in [5, 5.41) is 17.7. The molecule has 0 spiro atoms. The molecule has 0 aliphatic heterocycles. The molecule has 0 radical (unpaired) electrons. The molecule has 0 atom stereocenters. The molecule has 0 saturated carbocycles. The molecule has 1 rings (SSSR count). The Hall–Kier alpha value is -2.41. The first-order valence-electron chi connectivity index (χ1n) is 7.77. The van der Waals surface area contributed by atoms with E-state index in [1.54, 1.807) is 0 Å². The topological polar surface area (TPSA) is 107 Å². The molecular formula is C17H26N2O5. The van der Waals surface area contributed by atoms with Gasteiger partial charge < -0.3 is 20.4 Å². The number of unbranched alkanes of at least 4 members (excludes halogenated alkanes) is 1. The molecule has 0 aliphatic carbocycles. The number of carbonyl (C=O) groups excluding carboxylic acids is 1. The lowest BCUT2D eigenvalue weighted by molar-refractivity contribution is -0.159. The Morgan fingerprint density at radius 1 is 1.04 bits per heavy atom. The second-order valence-corrected chi connectivity index (χ2v) is 5.43. The van der Waals surface area contributed by atoms with Gasteiger partial charge >= 0.3 is 11.9 Å². The fourth-order valence-electron chi connectivity index (χ4n) is 1.69. The van der Waals surface area contributed by atoms with Gasteiger partial charge in [-0.2, -0.15) is 0 Å². The number of aryl methyl sites for hydroxylation is 1. The quantitative estimate of drug-likeness (QED) is 0.658. The molecule has 0 bridgehead atoms. The van der Waals surface area contributed by atoms with E-state index in [0.29, 0.717) is 6.42 Å². The summed E-state index contributed by atoms with van der Waals surface area (Å²) in [6.07, 6.45) is 2.93. The third kappa shape index (κ3) is 11.2. The fourth-order valence-corrected chi connectivity index (χ4v) is 1.69. The number of carboxylic acid groups (broad SMARTS) is 2. The minimum absolute atomic E-state index is 0.0854. The number of hydrogen-bond acceptors (Lipinski definition) is 4. The van der Waals surface area contributed by atoms with Crippen LogP contribution in [-0.2, 0) is 14.4 Å². The van der Waals surface area contributed by atoms with Crippen molar-refractivity contribution in [1.82, 2.24) is 4.90 Å². The van der Waals surface area contributed by atoms with Crippen LogP contribution >= 0.6 is 0 Å². The van der Waals surface area contributed by atoms with E-state index in [2.05, 4.69) is 24.2 Å². The third-order valence-corrected chi connectivity index (χ3v) is 3.13. The van der Waals surface area contributed by atoms with Crippen LogP contribution in [0.3, 0.4) is 0 Å². The summed E-state index contributed by atoms with van der Waals surface area (Å²) in [4.78, 5) is 32.1. The normalized spacial score (nSPS) is 9.83. The van der Waals surface area contributed by atoms with Crippen molar-refractivity contribution in [3.8, 4) is 0 Å². The maximum atomic E-state index is 11.7. The first kappa shape index (κ1) is 21.6. The van der Waals surface area contributed by atoms with Crippen molar-refractivity contribution >= 4 is 23.5 Å². The van der Waals surface area contributed by atoms with Gasteiger partial charge in [-0.3, -0.25) is 4.79 Å². The summed E-state index contributed by atoms with van der Waals surface area (Å²) in [6, 6.07) is 7.88. The van der Waals surface area contributed by atoms with Gasteiger partial charge in [0.2, 0.25) is 5.91 Å². The van der Waals surface area contributed by atoms with Crippen molar-refractivity contribution in [2.24, 2.45) is 0 Å². The SMILES string of the molecule is CCCCN(C)CCC(=O)Nc1ccc(C)cc1.O=C(O)C(=O)O. The van der Waals surface area contributed by atoms with Gasteiger partial charge in [0, 0.05) is 18.7 Å². The number of carboxylic acids is 2. The van der Waals surface area contributed by atoms with Gasteiger partial charge in [0.1, 0.15) is 0 Å². The number of nitrogens with one attached hydrogen (secondary N) is 1. The predicted octanol–water partition coefficient (Wildman–Crippen LogP) is 2.21. The zero-order chi connectivity index (χ0) is 18.5. The summed E-state index contributed by atoms with van der Waals surface area (Å²) in [5.74, 6) is -3.56. The van der Waals surface area contributed by atoms with Gasteiger partial charge in [-0.1, -0.05) is 31.0 Å². The van der Waals surface area contributed by atoms with E-state index in [1.165, 1.54) is 18.4 Å². The summed E-state index contributed by atoms with van der Waals surface area (Å²) in [5.41, 5.74) is 2.08. The average molecular weight is 338 g/mol. The van der Waals surface area contributed by atoms with Gasteiger partial charge in [0.05, 0.1) is 0 Å². The van der Waals surface area contributed by atoms with Crippen molar-refractivity contribution in [3.05, 3.63) is 29.8 Å². The van der Waals surface area contributed by atoms with Crippen molar-refractivity contribution in [1.29, 1.82) is 0 Å². The number of rotatable bonds is 7. The molecule has 0 saturated heterocycles. The lowest BCUT2D eigenvalue weighted by Gasteiger charge is -2.15. The number of carbonyl (C=O) groups is 3. The summed E-state index contributed by atoms with van der Waals surface area (Å²) in [6.45, 7) is 6.10. The smallest absolute Gasteiger partial charge is 0.414 e. The van der Waals surface area contributed by atoms with Crippen LogP contribution in [0.1, 0.15) is 31.7 Å². The molecule has 1 aromatic rings. The van der Waals surface area contributed by atoms with Crippen LogP contribution in [0, 0.1) is 6.92 Å². The number of anilines is 1. The molecule has 0 unspecified atom stereocenters. The van der Waals surface area contributed by atoms with Gasteiger partial charge in [-0.25, -0.2) is 9.59 Å². The Balaban J connectivity index is 0.000000754. The van der Waals surface area contributed by atoms with Crippen LogP contribution in [0.4, 0.5) is 5.69 Å². The monoisotopic (exact) mass is 338 g/mol. The Morgan fingerprint density at radius 3 is 2.04 bits per heavy atom. The fraction of sp³-hybridized carbons (Fsp3) is 0.471. The molecule has 1 aromatic carbocycles. The molecule has 134 valence electrons. The maximum absolute atomic E-state index is 11.7. The highest BCUT2D eigenvalue weighted by Crippen LogP contribution is 2.08. The van der Waals surface area contributed by atoms with Crippen molar-refractivity contribution in [2.45, 2.75) is 33.1 Å². The van der Waals surface area contributed by atoms with E-state index in [1.807, 2.05) is 31.2 Å². The zero-order valence-corrected chi connectivity index (χ0v) is 14.4. The van der Waals surface area contributed by atoms with Crippen LogP contribution in [0.5, 0.6) is 0 Å². The zero-order valence-electron chi connectivity index (χ0n) is 14.4. The number of hydrogen-bond donors (Lipinski definition) is 3. The van der Waals surface area contributed by atoms with Crippen molar-refractivity contribution in [2.75, 3.05) is 25.5 Å². The van der Waals surface area contributed by atoms with Crippen LogP contribution in [0.25, 0.3) is 0 Å². The van der Waals surface area contributed by atoms with Gasteiger partial charge in [0.25, 0.3) is 0 Å². The van der Waals surface area contributed by atoms with Gasteiger partial charge in [-0.15, -0.1) is 0 Å². The molecule has 24 heavy (non-hydrogen) atoms. The predicted molar refractivity (Wildman–Crippen MR) is 92.1 cm³/mol. The second-order valence-electron chi connectivity index (χ2n) is 5.43. The van der Waals surface area contributed by atoms with Crippen molar-refractivity contribution in [3.63, 3.8) is 0 Å². The van der Waals surface area contributed by atoms with Gasteiger partial charge in [0.15, 0.2) is 0 Å². The lowest BCUT2D eigenvalue weighted by atomic mass is 10.2. The lowest BCUT2D eigenvalue weighted by Crippen LogP contribution is -2.25. The van der Waals surface area contributed by atoms with E-state index in [4.69, 9.17) is 19.8 Å². The molecule has 1 amide bonds. The Labute approximate surface area is 142 Å². The molecule has 0 fully saturated rings. The molecule has 0 aromatic heterocycles. The Morgan fingerprint density at radius 2 is 1.58 bits per heavy atom. The summed E-state index contributed by atoms with van der Waals surface area (Å²) < 4.78 is 0. The highest BCUT2D eigenvalue weighted by atomic mass is 16.4. The first-order chi connectivity index (χ1) is 11.3. The minimum atomic E-state index is -1.82. The summed E-state index contributed by atoms with van der Waals surface area (Å²) >= 11 is 0. The standard InChI is InChI=1S/C15H24N2O.C2H2O4/c1-4-5-11-17(3)12-10-15(18)16-14-8-6-13(2)7-9-14;3-1(4)2(5)6/h6-9H,4-5,10-12H2,1-3H3,(H,16,18);(H,3,4)(H,5,6). The molecule has 3 N–H and O–H groups in total. The van der Waals surface area contributed by atoms with E-state index in [0.717, 1.165) is 18.8 Å². The van der Waals surface area contributed by atoms with E-state index < -0.39 is 11.9 Å². The van der Waals surface area contributed by atoms with Crippen LogP contribution in [0.2, 0.25) is 0 Å². The Kier molecular flexibility index (Phi) is 10.9. The number of benzene rings is 1. The molecule has 7 heteroatoms. The van der Waals surface area contributed by atoms with Crippen LogP contribution in [-0.4, -0.2) is 53.1 Å². The minimum Gasteiger partial charge on any atom is -0.473 e. The third-order valence-electron chi connectivity index (χ3n) is 3.13. The highest BCUT2D eigenvalue weighted by Gasteiger charge is 2.05. The van der Waals surface area contributed by atoms with Crippen LogP contribution < -0.4 is 5.32 Å². The first-order valence-corrected chi connectivity index (χ1v) is 7.77. The summed E-state index contributed by atoms with van der Waals surface area (Å²) in [7, 11) is 2.06. The molecular weight excluding hydrogens is 312 g/mol. The largest absolute Gasteiger partial charge is 0.473 e. The highest BCUT2D eigenvalue weighted by molar-refractivity contribution is 6.27. The van der Waals surface area contributed by atoms with Crippen LogP contribution in [0.15, 0.2) is 24.3 Å².